The second-order valence-corrected chi connectivity index (χ2v) is 5.77. The molecule has 0 unspecified atom stereocenters. The van der Waals surface area contributed by atoms with Crippen molar-refractivity contribution < 1.29 is 4.79 Å². The van der Waals surface area contributed by atoms with E-state index >= 15 is 0 Å². The van der Waals surface area contributed by atoms with Gasteiger partial charge in [-0.1, -0.05) is 19.1 Å². The van der Waals surface area contributed by atoms with Gasteiger partial charge in [0.15, 0.2) is 0 Å². The Bertz CT molecular complexity index is 463. The molecule has 1 amide bonds. The number of thioether (sulfide) groups is 1. The van der Waals surface area contributed by atoms with Crippen molar-refractivity contribution in [1.82, 2.24) is 5.32 Å². The number of rotatable bonds is 3. The summed E-state index contributed by atoms with van der Waals surface area (Å²) in [5.74, 6) is 1.69. The maximum Gasteiger partial charge on any atom is 0.252 e. The summed E-state index contributed by atoms with van der Waals surface area (Å²) in [6.45, 7) is 5.76. The van der Waals surface area contributed by atoms with Gasteiger partial charge in [0, 0.05) is 10.5 Å². The van der Waals surface area contributed by atoms with Crippen molar-refractivity contribution >= 4 is 23.5 Å². The van der Waals surface area contributed by atoms with Gasteiger partial charge in [0.1, 0.15) is 11.4 Å². The van der Waals surface area contributed by atoms with Crippen LogP contribution < -0.4 is 5.32 Å². The number of carbonyl (C=O) groups is 1. The fourth-order valence-electron chi connectivity index (χ4n) is 1.63. The van der Waals surface area contributed by atoms with Gasteiger partial charge in [-0.25, -0.2) is 0 Å². The molecule has 90 valence electrons. The minimum atomic E-state index is -0.647. The lowest BCUT2D eigenvalue weighted by Crippen LogP contribution is -2.34. The minimum absolute atomic E-state index is 0.0421. The highest BCUT2D eigenvalue weighted by Crippen LogP contribution is 2.21. The summed E-state index contributed by atoms with van der Waals surface area (Å²) >= 11 is 1.80. The summed E-state index contributed by atoms with van der Waals surface area (Å²) in [4.78, 5) is 17.3. The van der Waals surface area contributed by atoms with Crippen LogP contribution in [0.25, 0.3) is 0 Å². The highest BCUT2D eigenvalue weighted by Gasteiger charge is 2.34. The second-order valence-electron chi connectivity index (χ2n) is 4.43. The van der Waals surface area contributed by atoms with Gasteiger partial charge in [-0.3, -0.25) is 9.79 Å². The number of aliphatic imine (C=N–C) groups is 1. The molecule has 2 rings (SSSR count). The first-order valence-electron chi connectivity index (χ1n) is 5.67. The average Bonchev–Trinajstić information content (AvgIpc) is 2.55. The van der Waals surface area contributed by atoms with Crippen LogP contribution in [0.2, 0.25) is 0 Å². The molecule has 1 aromatic carbocycles. The van der Waals surface area contributed by atoms with Crippen molar-refractivity contribution in [1.29, 1.82) is 0 Å². The Hall–Kier alpha value is -1.29. The molecule has 0 saturated carbocycles. The van der Waals surface area contributed by atoms with E-state index < -0.39 is 5.54 Å². The third-order valence-electron chi connectivity index (χ3n) is 2.62. The minimum Gasteiger partial charge on any atom is -0.308 e. The molecule has 0 radical (unpaired) electrons. The Morgan fingerprint density at radius 3 is 2.41 bits per heavy atom. The SMILES string of the molecule is CCSc1ccc(C2=NC(C)(C)C(=O)N2)cc1. The molecule has 0 bridgehead atoms. The fourth-order valence-corrected chi connectivity index (χ4v) is 2.29. The molecule has 17 heavy (non-hydrogen) atoms. The van der Waals surface area contributed by atoms with E-state index in [-0.39, 0.29) is 5.91 Å². The van der Waals surface area contributed by atoms with E-state index in [9.17, 15) is 4.79 Å². The van der Waals surface area contributed by atoms with Gasteiger partial charge in [-0.05, 0) is 31.7 Å². The van der Waals surface area contributed by atoms with Crippen molar-refractivity contribution in [3.05, 3.63) is 29.8 Å². The molecular formula is C13H16N2OS. The van der Waals surface area contributed by atoms with Gasteiger partial charge in [-0.15, -0.1) is 11.8 Å². The highest BCUT2D eigenvalue weighted by atomic mass is 32.2. The van der Waals surface area contributed by atoms with Crippen LogP contribution >= 0.6 is 11.8 Å². The largest absolute Gasteiger partial charge is 0.308 e. The fraction of sp³-hybridized carbons (Fsp3) is 0.385. The summed E-state index contributed by atoms with van der Waals surface area (Å²) in [7, 11) is 0. The number of amidine groups is 1. The number of hydrogen-bond acceptors (Lipinski definition) is 3. The summed E-state index contributed by atoms with van der Waals surface area (Å²) < 4.78 is 0. The molecule has 0 spiro atoms. The molecule has 1 aliphatic rings. The Kier molecular flexibility index (Phi) is 3.24. The molecule has 3 nitrogen and oxygen atoms in total. The van der Waals surface area contributed by atoms with E-state index in [1.807, 2.05) is 26.0 Å². The smallest absolute Gasteiger partial charge is 0.252 e. The van der Waals surface area contributed by atoms with E-state index in [2.05, 4.69) is 29.4 Å². The van der Waals surface area contributed by atoms with Crippen LogP contribution in [0.1, 0.15) is 26.3 Å². The number of hydrogen-bond donors (Lipinski definition) is 1. The lowest BCUT2D eigenvalue weighted by molar-refractivity contribution is -0.122. The van der Waals surface area contributed by atoms with Crippen LogP contribution in [0.4, 0.5) is 0 Å². The topological polar surface area (TPSA) is 41.5 Å². The molecule has 1 aromatic rings. The zero-order chi connectivity index (χ0) is 12.5. The number of nitrogens with zero attached hydrogens (tertiary/aromatic N) is 1. The summed E-state index contributed by atoms with van der Waals surface area (Å²) in [6, 6.07) is 8.12. The molecule has 1 N–H and O–H groups in total. The maximum atomic E-state index is 11.6. The van der Waals surface area contributed by atoms with E-state index in [0.29, 0.717) is 5.84 Å². The van der Waals surface area contributed by atoms with Crippen LogP contribution in [0.5, 0.6) is 0 Å². The number of amides is 1. The molecule has 1 heterocycles. The van der Waals surface area contributed by atoms with Crippen LogP contribution in [0.3, 0.4) is 0 Å². The van der Waals surface area contributed by atoms with Gasteiger partial charge < -0.3 is 5.32 Å². The zero-order valence-corrected chi connectivity index (χ0v) is 11.1. The number of carbonyl (C=O) groups excluding carboxylic acids is 1. The summed E-state index contributed by atoms with van der Waals surface area (Å²) in [5, 5.41) is 2.82. The highest BCUT2D eigenvalue weighted by molar-refractivity contribution is 7.99. The Labute approximate surface area is 106 Å². The standard InChI is InChI=1S/C13H16N2OS/c1-4-17-10-7-5-9(6-8-10)11-14-12(16)13(2,3)15-11/h5-8H,4H2,1-3H3,(H,14,15,16). The van der Waals surface area contributed by atoms with Gasteiger partial charge in [0.05, 0.1) is 0 Å². The molecular weight excluding hydrogens is 232 g/mol. The third kappa shape index (κ3) is 2.52. The van der Waals surface area contributed by atoms with E-state index in [1.54, 1.807) is 11.8 Å². The van der Waals surface area contributed by atoms with Crippen molar-refractivity contribution in [2.24, 2.45) is 4.99 Å². The van der Waals surface area contributed by atoms with Crippen LogP contribution in [0.15, 0.2) is 34.2 Å². The Morgan fingerprint density at radius 1 is 1.29 bits per heavy atom. The lowest BCUT2D eigenvalue weighted by Gasteiger charge is -2.07. The first-order valence-corrected chi connectivity index (χ1v) is 6.66. The number of nitrogens with one attached hydrogen (secondary N) is 1. The first-order chi connectivity index (χ1) is 8.03. The average molecular weight is 248 g/mol. The molecule has 1 aliphatic heterocycles. The molecule has 0 aromatic heterocycles. The van der Waals surface area contributed by atoms with Crippen molar-refractivity contribution in [3.8, 4) is 0 Å². The third-order valence-corrected chi connectivity index (χ3v) is 3.51. The van der Waals surface area contributed by atoms with E-state index in [1.165, 1.54) is 4.90 Å². The van der Waals surface area contributed by atoms with Gasteiger partial charge in [0.25, 0.3) is 5.91 Å². The summed E-state index contributed by atoms with van der Waals surface area (Å²) in [5.41, 5.74) is 0.316. The zero-order valence-electron chi connectivity index (χ0n) is 10.3. The first kappa shape index (κ1) is 12.2. The predicted molar refractivity (Wildman–Crippen MR) is 71.6 cm³/mol. The Morgan fingerprint density at radius 2 is 1.94 bits per heavy atom. The van der Waals surface area contributed by atoms with E-state index in [4.69, 9.17) is 0 Å². The quantitative estimate of drug-likeness (QED) is 0.835. The molecule has 0 aliphatic carbocycles. The van der Waals surface area contributed by atoms with Crippen LogP contribution in [0, 0.1) is 0 Å². The monoisotopic (exact) mass is 248 g/mol. The normalized spacial score (nSPS) is 17.8. The molecule has 0 saturated heterocycles. The second kappa shape index (κ2) is 4.53. The van der Waals surface area contributed by atoms with Gasteiger partial charge in [-0.2, -0.15) is 0 Å². The van der Waals surface area contributed by atoms with Crippen LogP contribution in [-0.2, 0) is 4.79 Å². The van der Waals surface area contributed by atoms with Crippen molar-refractivity contribution in [2.45, 2.75) is 31.2 Å². The molecule has 0 fully saturated rings. The van der Waals surface area contributed by atoms with Gasteiger partial charge >= 0.3 is 0 Å². The van der Waals surface area contributed by atoms with Crippen molar-refractivity contribution in [2.75, 3.05) is 5.75 Å². The molecule has 0 atom stereocenters. The number of benzene rings is 1. The van der Waals surface area contributed by atoms with Crippen LogP contribution in [-0.4, -0.2) is 23.0 Å². The molecule has 4 heteroatoms. The Balaban J connectivity index is 2.22. The predicted octanol–water partition coefficient (Wildman–Crippen LogP) is 2.45. The summed E-state index contributed by atoms with van der Waals surface area (Å²) in [6.07, 6.45) is 0. The van der Waals surface area contributed by atoms with Gasteiger partial charge in [0.2, 0.25) is 0 Å². The maximum absolute atomic E-state index is 11.6. The van der Waals surface area contributed by atoms with Crippen molar-refractivity contribution in [3.63, 3.8) is 0 Å². The van der Waals surface area contributed by atoms with E-state index in [0.717, 1.165) is 11.3 Å². The lowest BCUT2D eigenvalue weighted by atomic mass is 10.1.